The number of hydrogen-bond donors (Lipinski definition) is 2. The van der Waals surface area contributed by atoms with Crippen LogP contribution < -0.4 is 5.32 Å². The third-order valence-corrected chi connectivity index (χ3v) is 4.80. The first-order valence-electron chi connectivity index (χ1n) is 7.33. The van der Waals surface area contributed by atoms with Gasteiger partial charge >= 0.3 is 0 Å². The highest BCUT2D eigenvalue weighted by molar-refractivity contribution is 7.12. The zero-order chi connectivity index (χ0) is 14.5. The Kier molecular flexibility index (Phi) is 4.67. The van der Waals surface area contributed by atoms with E-state index >= 15 is 0 Å². The fraction of sp³-hybridized carbons (Fsp3) is 0.467. The number of imidazole rings is 1. The summed E-state index contributed by atoms with van der Waals surface area (Å²) in [5, 5.41) is 4.98. The lowest BCUT2D eigenvalue weighted by molar-refractivity contribution is 0.0939. The van der Waals surface area contributed by atoms with Crippen LogP contribution in [0.2, 0.25) is 0 Å². The molecule has 0 bridgehead atoms. The smallest absolute Gasteiger partial charge is 0.261 e. The second-order valence-corrected chi connectivity index (χ2v) is 6.39. The molecule has 21 heavy (non-hydrogen) atoms. The number of rotatable bonds is 5. The van der Waals surface area contributed by atoms with Crippen LogP contribution in [0.3, 0.4) is 0 Å². The Bertz CT molecular complexity index is 544. The number of H-pyrrole nitrogens is 1. The number of aromatic amines is 1. The van der Waals surface area contributed by atoms with Gasteiger partial charge in [-0.05, 0) is 43.3 Å². The molecular formula is C15H20N4OS. The summed E-state index contributed by atoms with van der Waals surface area (Å²) < 4.78 is 0. The van der Waals surface area contributed by atoms with Crippen molar-refractivity contribution in [2.24, 2.45) is 5.92 Å². The molecule has 0 aliphatic carbocycles. The molecule has 2 aromatic rings. The summed E-state index contributed by atoms with van der Waals surface area (Å²) >= 11 is 1.49. The summed E-state index contributed by atoms with van der Waals surface area (Å²) in [6, 6.07) is 3.78. The van der Waals surface area contributed by atoms with Gasteiger partial charge in [-0.3, -0.25) is 9.69 Å². The van der Waals surface area contributed by atoms with Crippen molar-refractivity contribution in [1.29, 1.82) is 0 Å². The summed E-state index contributed by atoms with van der Waals surface area (Å²) in [7, 11) is 0. The van der Waals surface area contributed by atoms with Gasteiger partial charge in [-0.25, -0.2) is 4.98 Å². The second-order valence-electron chi connectivity index (χ2n) is 5.44. The predicted molar refractivity (Wildman–Crippen MR) is 83.2 cm³/mol. The van der Waals surface area contributed by atoms with Crippen molar-refractivity contribution < 1.29 is 4.79 Å². The van der Waals surface area contributed by atoms with Crippen molar-refractivity contribution in [3.05, 3.63) is 40.6 Å². The fourth-order valence-corrected chi connectivity index (χ4v) is 3.32. The van der Waals surface area contributed by atoms with Gasteiger partial charge in [0.1, 0.15) is 5.82 Å². The molecule has 1 aliphatic rings. The molecule has 1 amide bonds. The van der Waals surface area contributed by atoms with E-state index in [1.807, 2.05) is 23.7 Å². The monoisotopic (exact) mass is 304 g/mol. The van der Waals surface area contributed by atoms with E-state index in [4.69, 9.17) is 0 Å². The molecule has 112 valence electrons. The first-order valence-corrected chi connectivity index (χ1v) is 8.21. The van der Waals surface area contributed by atoms with Gasteiger partial charge in [0.05, 0.1) is 11.4 Å². The molecular weight excluding hydrogens is 284 g/mol. The molecule has 0 unspecified atom stereocenters. The Balaban J connectivity index is 1.39. The molecule has 1 saturated heterocycles. The maximum atomic E-state index is 11.9. The third-order valence-electron chi connectivity index (χ3n) is 3.93. The highest BCUT2D eigenvalue weighted by Gasteiger charge is 2.20. The Morgan fingerprint density at radius 1 is 1.48 bits per heavy atom. The maximum absolute atomic E-state index is 11.9. The molecule has 0 radical (unpaired) electrons. The molecule has 6 heteroatoms. The number of hydrogen-bond acceptors (Lipinski definition) is 4. The van der Waals surface area contributed by atoms with E-state index in [9.17, 15) is 4.79 Å². The number of likely N-dealkylation sites (tertiary alicyclic amines) is 1. The van der Waals surface area contributed by atoms with E-state index in [0.29, 0.717) is 5.92 Å². The zero-order valence-electron chi connectivity index (χ0n) is 11.9. The SMILES string of the molecule is O=C(NCC1CCN(Cc2ncc[nH]2)CC1)c1cccs1. The van der Waals surface area contributed by atoms with Crippen LogP contribution in [0.15, 0.2) is 29.9 Å². The minimum atomic E-state index is 0.0583. The molecule has 0 spiro atoms. The van der Waals surface area contributed by atoms with Crippen LogP contribution in [-0.2, 0) is 6.54 Å². The summed E-state index contributed by atoms with van der Waals surface area (Å²) in [5.74, 6) is 1.67. The Morgan fingerprint density at radius 3 is 3.00 bits per heavy atom. The van der Waals surface area contributed by atoms with Crippen molar-refractivity contribution >= 4 is 17.2 Å². The molecule has 0 aromatic carbocycles. The summed E-state index contributed by atoms with van der Waals surface area (Å²) in [6.07, 6.45) is 5.92. The molecule has 2 aromatic heterocycles. The molecule has 2 N–H and O–H groups in total. The Hall–Kier alpha value is -1.66. The number of piperidine rings is 1. The summed E-state index contributed by atoms with van der Waals surface area (Å²) in [4.78, 5) is 22.5. The topological polar surface area (TPSA) is 61.0 Å². The zero-order valence-corrected chi connectivity index (χ0v) is 12.7. The van der Waals surface area contributed by atoms with Crippen LogP contribution in [0.25, 0.3) is 0 Å². The van der Waals surface area contributed by atoms with Gasteiger partial charge in [-0.15, -0.1) is 11.3 Å². The van der Waals surface area contributed by atoms with Gasteiger partial charge in [0.25, 0.3) is 5.91 Å². The molecule has 3 rings (SSSR count). The Morgan fingerprint density at radius 2 is 2.33 bits per heavy atom. The number of thiophene rings is 1. The van der Waals surface area contributed by atoms with Gasteiger partial charge < -0.3 is 10.3 Å². The minimum absolute atomic E-state index is 0.0583. The number of nitrogens with one attached hydrogen (secondary N) is 2. The van der Waals surface area contributed by atoms with Crippen LogP contribution in [0.5, 0.6) is 0 Å². The van der Waals surface area contributed by atoms with Gasteiger partial charge in [0.2, 0.25) is 0 Å². The Labute approximate surface area is 128 Å². The lowest BCUT2D eigenvalue weighted by Crippen LogP contribution is -2.38. The maximum Gasteiger partial charge on any atom is 0.261 e. The number of aromatic nitrogens is 2. The normalized spacial score (nSPS) is 17.0. The molecule has 3 heterocycles. The van der Waals surface area contributed by atoms with Crippen LogP contribution in [0.4, 0.5) is 0 Å². The summed E-state index contributed by atoms with van der Waals surface area (Å²) in [5.41, 5.74) is 0. The van der Waals surface area contributed by atoms with Crippen molar-refractivity contribution in [3.8, 4) is 0 Å². The second kappa shape index (κ2) is 6.87. The lowest BCUT2D eigenvalue weighted by atomic mass is 9.97. The molecule has 1 fully saturated rings. The highest BCUT2D eigenvalue weighted by atomic mass is 32.1. The quantitative estimate of drug-likeness (QED) is 0.889. The fourth-order valence-electron chi connectivity index (χ4n) is 2.68. The number of carbonyl (C=O) groups is 1. The average Bonchev–Trinajstić information content (AvgIpc) is 3.19. The van der Waals surface area contributed by atoms with Crippen molar-refractivity contribution in [1.82, 2.24) is 20.2 Å². The van der Waals surface area contributed by atoms with E-state index in [-0.39, 0.29) is 5.91 Å². The largest absolute Gasteiger partial charge is 0.351 e. The van der Waals surface area contributed by atoms with Crippen LogP contribution in [-0.4, -0.2) is 40.4 Å². The van der Waals surface area contributed by atoms with Crippen molar-refractivity contribution in [2.45, 2.75) is 19.4 Å². The number of nitrogens with zero attached hydrogens (tertiary/aromatic N) is 2. The third kappa shape index (κ3) is 3.92. The predicted octanol–water partition coefficient (Wildman–Crippen LogP) is 2.11. The van der Waals surface area contributed by atoms with Gasteiger partial charge in [-0.1, -0.05) is 6.07 Å². The number of carbonyl (C=O) groups excluding carboxylic acids is 1. The molecule has 1 aliphatic heterocycles. The molecule has 0 atom stereocenters. The number of amides is 1. The van der Waals surface area contributed by atoms with Crippen LogP contribution in [0, 0.1) is 5.92 Å². The first kappa shape index (κ1) is 14.3. The molecule has 5 nitrogen and oxygen atoms in total. The first-order chi connectivity index (χ1) is 10.3. The van der Waals surface area contributed by atoms with Crippen molar-refractivity contribution in [3.63, 3.8) is 0 Å². The van der Waals surface area contributed by atoms with Gasteiger partial charge in [-0.2, -0.15) is 0 Å². The van der Waals surface area contributed by atoms with Gasteiger partial charge in [0.15, 0.2) is 0 Å². The van der Waals surface area contributed by atoms with E-state index in [1.54, 1.807) is 6.20 Å². The van der Waals surface area contributed by atoms with Crippen LogP contribution >= 0.6 is 11.3 Å². The van der Waals surface area contributed by atoms with Crippen LogP contribution in [0.1, 0.15) is 28.3 Å². The van der Waals surface area contributed by atoms with Gasteiger partial charge in [0, 0.05) is 18.9 Å². The molecule has 0 saturated carbocycles. The van der Waals surface area contributed by atoms with E-state index in [0.717, 1.165) is 49.7 Å². The van der Waals surface area contributed by atoms with E-state index in [2.05, 4.69) is 20.2 Å². The van der Waals surface area contributed by atoms with E-state index in [1.165, 1.54) is 11.3 Å². The standard InChI is InChI=1S/C15H20N4OS/c20-15(13-2-1-9-21-13)18-10-12-3-7-19(8-4-12)11-14-16-5-6-17-14/h1-2,5-6,9,12H,3-4,7-8,10-11H2,(H,16,17)(H,18,20). The lowest BCUT2D eigenvalue weighted by Gasteiger charge is -2.31. The highest BCUT2D eigenvalue weighted by Crippen LogP contribution is 2.18. The summed E-state index contributed by atoms with van der Waals surface area (Å²) in [6.45, 7) is 3.81. The van der Waals surface area contributed by atoms with E-state index < -0.39 is 0 Å². The minimum Gasteiger partial charge on any atom is -0.351 e. The van der Waals surface area contributed by atoms with Crippen molar-refractivity contribution in [2.75, 3.05) is 19.6 Å². The average molecular weight is 304 g/mol.